The lowest BCUT2D eigenvalue weighted by Crippen LogP contribution is -2.08. The number of rotatable bonds is 3. The van der Waals surface area contributed by atoms with Crippen LogP contribution in [-0.4, -0.2) is 32.4 Å². The van der Waals surface area contributed by atoms with Crippen LogP contribution in [0.2, 0.25) is 0 Å². The van der Waals surface area contributed by atoms with Gasteiger partial charge in [0.25, 0.3) is 0 Å². The summed E-state index contributed by atoms with van der Waals surface area (Å²) in [5.74, 6) is 4.02. The van der Waals surface area contributed by atoms with Crippen molar-refractivity contribution in [3.8, 4) is 0 Å². The Balaban J connectivity index is 2.00. The van der Waals surface area contributed by atoms with Gasteiger partial charge in [0.2, 0.25) is 0 Å². The van der Waals surface area contributed by atoms with Gasteiger partial charge >= 0.3 is 0 Å². The molecule has 0 spiro atoms. The highest BCUT2D eigenvalue weighted by atomic mass is 32.2. The molecule has 3 rings (SSSR count). The molecule has 0 saturated carbocycles. The van der Waals surface area contributed by atoms with Crippen LogP contribution in [-0.2, 0) is 6.42 Å². The highest BCUT2D eigenvalue weighted by molar-refractivity contribution is 7.99. The van der Waals surface area contributed by atoms with Crippen LogP contribution >= 0.6 is 11.8 Å². The number of aldehydes is 1. The molecule has 3 heterocycles. The maximum Gasteiger partial charge on any atom is 0.166 e. The van der Waals surface area contributed by atoms with E-state index >= 15 is 0 Å². The fourth-order valence-electron chi connectivity index (χ4n) is 2.25. The minimum Gasteiger partial charge on any atom is -0.296 e. The van der Waals surface area contributed by atoms with Crippen LogP contribution in [0.4, 0.5) is 0 Å². The Kier molecular flexibility index (Phi) is 2.84. The van der Waals surface area contributed by atoms with Gasteiger partial charge in [0.15, 0.2) is 11.9 Å². The zero-order valence-corrected chi connectivity index (χ0v) is 10.2. The lowest BCUT2D eigenvalue weighted by Gasteiger charge is -2.07. The largest absolute Gasteiger partial charge is 0.296 e. The molecule has 0 amide bonds. The zero-order valence-electron chi connectivity index (χ0n) is 9.37. The third-order valence-electron chi connectivity index (χ3n) is 3.14. The maximum absolute atomic E-state index is 11.0. The SMILES string of the molecule is O=Cc1cccc2nnc(CC3CCSC3)n12. The number of carbonyl (C=O) groups excluding carboxylic acids is 1. The summed E-state index contributed by atoms with van der Waals surface area (Å²) < 4.78 is 1.87. The van der Waals surface area contributed by atoms with Crippen molar-refractivity contribution in [2.75, 3.05) is 11.5 Å². The van der Waals surface area contributed by atoms with Crippen molar-refractivity contribution in [2.24, 2.45) is 5.92 Å². The summed E-state index contributed by atoms with van der Waals surface area (Å²) in [6, 6.07) is 5.52. The molecule has 1 fully saturated rings. The highest BCUT2D eigenvalue weighted by Crippen LogP contribution is 2.26. The van der Waals surface area contributed by atoms with Crippen LogP contribution in [0.15, 0.2) is 18.2 Å². The molecule has 1 unspecified atom stereocenters. The van der Waals surface area contributed by atoms with E-state index in [2.05, 4.69) is 10.2 Å². The van der Waals surface area contributed by atoms with Gasteiger partial charge in [0, 0.05) is 6.42 Å². The zero-order chi connectivity index (χ0) is 11.7. The first-order chi connectivity index (χ1) is 8.38. The molecule has 2 aromatic rings. The normalized spacial score (nSPS) is 19.9. The monoisotopic (exact) mass is 247 g/mol. The fourth-order valence-corrected chi connectivity index (χ4v) is 3.54. The number of hydrogen-bond acceptors (Lipinski definition) is 4. The number of thioether (sulfide) groups is 1. The summed E-state index contributed by atoms with van der Waals surface area (Å²) in [5.41, 5.74) is 1.39. The summed E-state index contributed by atoms with van der Waals surface area (Å²) in [4.78, 5) is 11.0. The molecule has 1 aliphatic heterocycles. The Hall–Kier alpha value is -1.36. The molecule has 88 valence electrons. The van der Waals surface area contributed by atoms with E-state index in [4.69, 9.17) is 0 Å². The van der Waals surface area contributed by atoms with Crippen molar-refractivity contribution in [1.82, 2.24) is 14.6 Å². The lowest BCUT2D eigenvalue weighted by atomic mass is 10.1. The highest BCUT2D eigenvalue weighted by Gasteiger charge is 2.19. The molecule has 1 saturated heterocycles. The van der Waals surface area contributed by atoms with Gasteiger partial charge in [0.1, 0.15) is 5.82 Å². The van der Waals surface area contributed by atoms with Crippen LogP contribution < -0.4 is 0 Å². The molecule has 17 heavy (non-hydrogen) atoms. The third kappa shape index (κ3) is 1.95. The first kappa shape index (κ1) is 10.8. The first-order valence-corrected chi connectivity index (χ1v) is 6.90. The predicted octanol–water partition coefficient (Wildman–Crippen LogP) is 1.84. The first-order valence-electron chi connectivity index (χ1n) is 5.74. The van der Waals surface area contributed by atoms with Gasteiger partial charge in [-0.05, 0) is 36.0 Å². The summed E-state index contributed by atoms with van der Waals surface area (Å²) in [5, 5.41) is 8.33. The maximum atomic E-state index is 11.0. The molecule has 5 heteroatoms. The number of aromatic nitrogens is 3. The average molecular weight is 247 g/mol. The Morgan fingerprint density at radius 3 is 3.18 bits per heavy atom. The molecule has 0 N–H and O–H groups in total. The van der Waals surface area contributed by atoms with E-state index < -0.39 is 0 Å². The van der Waals surface area contributed by atoms with Crippen molar-refractivity contribution in [1.29, 1.82) is 0 Å². The Morgan fingerprint density at radius 2 is 2.41 bits per heavy atom. The molecule has 0 radical (unpaired) electrons. The summed E-state index contributed by atoms with van der Waals surface area (Å²) in [7, 11) is 0. The smallest absolute Gasteiger partial charge is 0.166 e. The van der Waals surface area contributed by atoms with Gasteiger partial charge in [-0.2, -0.15) is 11.8 Å². The Bertz CT molecular complexity index is 546. The molecule has 0 aromatic carbocycles. The van der Waals surface area contributed by atoms with E-state index in [1.54, 1.807) is 6.07 Å². The van der Waals surface area contributed by atoms with Crippen LogP contribution in [0.1, 0.15) is 22.7 Å². The summed E-state index contributed by atoms with van der Waals surface area (Å²) >= 11 is 1.99. The quantitative estimate of drug-likeness (QED) is 0.776. The van der Waals surface area contributed by atoms with Crippen molar-refractivity contribution >= 4 is 23.7 Å². The van der Waals surface area contributed by atoms with E-state index in [0.29, 0.717) is 11.6 Å². The summed E-state index contributed by atoms with van der Waals surface area (Å²) in [6.07, 6.45) is 3.02. The van der Waals surface area contributed by atoms with E-state index in [9.17, 15) is 4.79 Å². The van der Waals surface area contributed by atoms with Gasteiger partial charge in [-0.15, -0.1) is 10.2 Å². The average Bonchev–Trinajstić information content (AvgIpc) is 2.99. The summed E-state index contributed by atoms with van der Waals surface area (Å²) in [6.45, 7) is 0. The minimum atomic E-state index is 0.633. The number of hydrogen-bond donors (Lipinski definition) is 0. The molecule has 0 bridgehead atoms. The van der Waals surface area contributed by atoms with Gasteiger partial charge in [-0.1, -0.05) is 6.07 Å². The van der Waals surface area contributed by atoms with Crippen molar-refractivity contribution in [3.63, 3.8) is 0 Å². The van der Waals surface area contributed by atoms with Gasteiger partial charge in [-0.25, -0.2) is 0 Å². The van der Waals surface area contributed by atoms with Crippen molar-refractivity contribution in [3.05, 3.63) is 29.7 Å². The predicted molar refractivity (Wildman–Crippen MR) is 67.5 cm³/mol. The van der Waals surface area contributed by atoms with Crippen molar-refractivity contribution in [2.45, 2.75) is 12.8 Å². The lowest BCUT2D eigenvalue weighted by molar-refractivity contribution is 0.111. The molecule has 0 aliphatic carbocycles. The molecule has 1 atom stereocenters. The Morgan fingerprint density at radius 1 is 1.47 bits per heavy atom. The topological polar surface area (TPSA) is 47.3 Å². The molecule has 4 nitrogen and oxygen atoms in total. The van der Waals surface area contributed by atoms with Crippen LogP contribution in [0.25, 0.3) is 5.65 Å². The second kappa shape index (κ2) is 4.49. The minimum absolute atomic E-state index is 0.633. The van der Waals surface area contributed by atoms with E-state index in [-0.39, 0.29) is 0 Å². The third-order valence-corrected chi connectivity index (χ3v) is 4.37. The van der Waals surface area contributed by atoms with Gasteiger partial charge in [-0.3, -0.25) is 9.20 Å². The van der Waals surface area contributed by atoms with Crippen LogP contribution in [0, 0.1) is 5.92 Å². The Labute approximate surface area is 103 Å². The standard InChI is InChI=1S/C12H13N3OS/c16-7-10-2-1-3-11-13-14-12(15(10)11)6-9-4-5-17-8-9/h1-3,7,9H,4-6,8H2. The number of carbonyl (C=O) groups is 1. The van der Waals surface area contributed by atoms with E-state index in [0.717, 1.165) is 24.2 Å². The molecular formula is C12H13N3OS. The second-order valence-electron chi connectivity index (χ2n) is 4.31. The van der Waals surface area contributed by atoms with Gasteiger partial charge < -0.3 is 0 Å². The number of nitrogens with zero attached hydrogens (tertiary/aromatic N) is 3. The fraction of sp³-hybridized carbons (Fsp3) is 0.417. The molecule has 2 aromatic heterocycles. The molecule has 1 aliphatic rings. The van der Waals surface area contributed by atoms with Crippen molar-refractivity contribution < 1.29 is 4.79 Å². The van der Waals surface area contributed by atoms with E-state index in [1.807, 2.05) is 28.3 Å². The van der Waals surface area contributed by atoms with Crippen LogP contribution in [0.5, 0.6) is 0 Å². The molecular weight excluding hydrogens is 234 g/mol. The van der Waals surface area contributed by atoms with E-state index in [1.165, 1.54) is 17.9 Å². The second-order valence-corrected chi connectivity index (χ2v) is 5.46. The number of pyridine rings is 1. The van der Waals surface area contributed by atoms with Crippen LogP contribution in [0.3, 0.4) is 0 Å². The number of fused-ring (bicyclic) bond motifs is 1. The van der Waals surface area contributed by atoms with Gasteiger partial charge in [0.05, 0.1) is 5.69 Å².